The van der Waals surface area contributed by atoms with Crippen molar-refractivity contribution in [3.8, 4) is 11.5 Å². The number of benzene rings is 1. The van der Waals surface area contributed by atoms with Gasteiger partial charge in [-0.3, -0.25) is 0 Å². The molecular weight excluding hydrogens is 306 g/mol. The van der Waals surface area contributed by atoms with Gasteiger partial charge in [-0.15, -0.1) is 0 Å². The molecule has 3 nitrogen and oxygen atoms in total. The van der Waals surface area contributed by atoms with Crippen molar-refractivity contribution in [1.82, 2.24) is 5.32 Å². The second-order valence-corrected chi connectivity index (χ2v) is 5.81. The average molecular weight is 326 g/mol. The van der Waals surface area contributed by atoms with E-state index >= 15 is 0 Å². The van der Waals surface area contributed by atoms with Gasteiger partial charge < -0.3 is 14.8 Å². The maximum absolute atomic E-state index is 6.38. The molecule has 0 amide bonds. The summed E-state index contributed by atoms with van der Waals surface area (Å²) in [5, 5.41) is 8.29. The van der Waals surface area contributed by atoms with Gasteiger partial charge in [0.1, 0.15) is 16.5 Å². The molecule has 0 fully saturated rings. The van der Waals surface area contributed by atoms with Gasteiger partial charge in [-0.2, -0.15) is 11.3 Å². The van der Waals surface area contributed by atoms with Crippen molar-refractivity contribution in [2.75, 3.05) is 20.8 Å². The third-order valence-corrected chi connectivity index (χ3v) is 4.36. The molecule has 1 atom stereocenters. The summed E-state index contributed by atoms with van der Waals surface area (Å²) >= 11 is 8.06. The summed E-state index contributed by atoms with van der Waals surface area (Å²) in [5.74, 6) is 1.28. The molecule has 2 rings (SSSR count). The molecule has 1 aromatic heterocycles. The Kier molecular flexibility index (Phi) is 5.91. The van der Waals surface area contributed by atoms with Crippen LogP contribution in [0.4, 0.5) is 0 Å². The largest absolute Gasteiger partial charge is 0.495 e. The van der Waals surface area contributed by atoms with Crippen molar-refractivity contribution in [3.05, 3.63) is 45.1 Å². The lowest BCUT2D eigenvalue weighted by Crippen LogP contribution is -2.23. The standard InChI is InChI=1S/C16H20ClNO2S/c1-4-8-18-15(11-7-9-21-10-11)12-5-6-13(19-2)14(17)16(12)20-3/h5-7,9-10,15,18H,4,8H2,1-3H3. The van der Waals surface area contributed by atoms with Crippen molar-refractivity contribution in [1.29, 1.82) is 0 Å². The molecule has 2 aromatic rings. The number of nitrogens with one attached hydrogen (secondary N) is 1. The first kappa shape index (κ1) is 16.1. The van der Waals surface area contributed by atoms with Gasteiger partial charge >= 0.3 is 0 Å². The third kappa shape index (κ3) is 3.51. The molecule has 0 saturated heterocycles. The fourth-order valence-corrected chi connectivity index (χ4v) is 3.29. The Balaban J connectivity index is 2.46. The van der Waals surface area contributed by atoms with Crippen LogP contribution in [0.15, 0.2) is 29.0 Å². The van der Waals surface area contributed by atoms with Gasteiger partial charge in [0, 0.05) is 5.56 Å². The van der Waals surface area contributed by atoms with E-state index in [0.29, 0.717) is 16.5 Å². The maximum atomic E-state index is 6.38. The summed E-state index contributed by atoms with van der Waals surface area (Å²) in [7, 11) is 3.24. The number of thiophene rings is 1. The molecule has 1 N–H and O–H groups in total. The summed E-state index contributed by atoms with van der Waals surface area (Å²) < 4.78 is 10.8. The molecule has 1 heterocycles. The Morgan fingerprint density at radius 1 is 1.24 bits per heavy atom. The molecule has 0 radical (unpaired) electrons. The van der Waals surface area contributed by atoms with E-state index in [1.165, 1.54) is 5.56 Å². The molecule has 114 valence electrons. The number of halogens is 1. The van der Waals surface area contributed by atoms with E-state index in [1.54, 1.807) is 25.6 Å². The van der Waals surface area contributed by atoms with Crippen LogP contribution >= 0.6 is 22.9 Å². The first-order valence-electron chi connectivity index (χ1n) is 6.88. The molecule has 0 aliphatic heterocycles. The summed E-state index contributed by atoms with van der Waals surface area (Å²) in [6.07, 6.45) is 1.06. The van der Waals surface area contributed by atoms with Crippen molar-refractivity contribution >= 4 is 22.9 Å². The van der Waals surface area contributed by atoms with Crippen LogP contribution in [0.5, 0.6) is 11.5 Å². The molecular formula is C16H20ClNO2S. The van der Waals surface area contributed by atoms with Gasteiger partial charge in [0.25, 0.3) is 0 Å². The van der Waals surface area contributed by atoms with Gasteiger partial charge in [0.05, 0.1) is 20.3 Å². The van der Waals surface area contributed by atoms with E-state index in [9.17, 15) is 0 Å². The summed E-state index contributed by atoms with van der Waals surface area (Å²) in [4.78, 5) is 0. The summed E-state index contributed by atoms with van der Waals surface area (Å²) in [5.41, 5.74) is 2.24. The van der Waals surface area contributed by atoms with Crippen molar-refractivity contribution < 1.29 is 9.47 Å². The molecule has 1 unspecified atom stereocenters. The highest BCUT2D eigenvalue weighted by atomic mass is 35.5. The van der Waals surface area contributed by atoms with Crippen LogP contribution in [0.2, 0.25) is 5.02 Å². The second-order valence-electron chi connectivity index (χ2n) is 4.65. The highest BCUT2D eigenvalue weighted by Gasteiger charge is 2.22. The molecule has 21 heavy (non-hydrogen) atoms. The first-order valence-corrected chi connectivity index (χ1v) is 8.20. The van der Waals surface area contributed by atoms with Crippen LogP contribution in [0.3, 0.4) is 0 Å². The van der Waals surface area contributed by atoms with Crippen LogP contribution in [-0.2, 0) is 0 Å². The number of ether oxygens (including phenoxy) is 2. The molecule has 1 aromatic carbocycles. The highest BCUT2D eigenvalue weighted by molar-refractivity contribution is 7.08. The topological polar surface area (TPSA) is 30.5 Å². The van der Waals surface area contributed by atoms with Crippen molar-refractivity contribution in [2.24, 2.45) is 0 Å². The number of hydrogen-bond acceptors (Lipinski definition) is 4. The lowest BCUT2D eigenvalue weighted by atomic mass is 9.99. The predicted octanol–water partition coefficient (Wildman–Crippen LogP) is 4.51. The average Bonchev–Trinajstić information content (AvgIpc) is 3.02. The monoisotopic (exact) mass is 325 g/mol. The SMILES string of the molecule is CCCNC(c1ccsc1)c1ccc(OC)c(Cl)c1OC. The van der Waals surface area contributed by atoms with Crippen molar-refractivity contribution in [2.45, 2.75) is 19.4 Å². The Morgan fingerprint density at radius 3 is 2.62 bits per heavy atom. The summed E-state index contributed by atoms with van der Waals surface area (Å²) in [6.45, 7) is 3.07. The minimum absolute atomic E-state index is 0.0644. The number of methoxy groups -OCH3 is 2. The van der Waals surface area contributed by atoms with Crippen molar-refractivity contribution in [3.63, 3.8) is 0 Å². The number of hydrogen-bond donors (Lipinski definition) is 1. The van der Waals surface area contributed by atoms with Crippen LogP contribution in [0.25, 0.3) is 0 Å². The predicted molar refractivity (Wildman–Crippen MR) is 89.0 cm³/mol. The molecule has 0 aliphatic carbocycles. The fraction of sp³-hybridized carbons (Fsp3) is 0.375. The van der Waals surface area contributed by atoms with E-state index in [0.717, 1.165) is 18.5 Å². The van der Waals surface area contributed by atoms with Gasteiger partial charge in [0.2, 0.25) is 0 Å². The zero-order valence-electron chi connectivity index (χ0n) is 12.5. The van der Waals surface area contributed by atoms with Gasteiger partial charge in [0.15, 0.2) is 0 Å². The van der Waals surface area contributed by atoms with Gasteiger partial charge in [-0.25, -0.2) is 0 Å². The second kappa shape index (κ2) is 7.69. The minimum atomic E-state index is 0.0644. The van der Waals surface area contributed by atoms with E-state index in [1.807, 2.05) is 12.1 Å². The maximum Gasteiger partial charge on any atom is 0.146 e. The van der Waals surface area contributed by atoms with Gasteiger partial charge in [-0.1, -0.05) is 18.5 Å². The van der Waals surface area contributed by atoms with E-state index in [-0.39, 0.29) is 6.04 Å². The van der Waals surface area contributed by atoms with Gasteiger partial charge in [-0.05, 0) is 47.5 Å². The molecule has 0 bridgehead atoms. The Bertz CT molecular complexity index is 572. The summed E-state index contributed by atoms with van der Waals surface area (Å²) in [6, 6.07) is 6.08. The normalized spacial score (nSPS) is 12.2. The highest BCUT2D eigenvalue weighted by Crippen LogP contribution is 2.41. The molecule has 0 aliphatic rings. The molecule has 0 spiro atoms. The van der Waals surface area contributed by atoms with E-state index in [2.05, 4.69) is 29.1 Å². The Morgan fingerprint density at radius 2 is 2.05 bits per heavy atom. The van der Waals surface area contributed by atoms with E-state index in [4.69, 9.17) is 21.1 Å². The van der Waals surface area contributed by atoms with Crippen LogP contribution in [0.1, 0.15) is 30.5 Å². The van der Waals surface area contributed by atoms with Crippen LogP contribution in [0, 0.1) is 0 Å². The van der Waals surface area contributed by atoms with Crippen LogP contribution in [-0.4, -0.2) is 20.8 Å². The zero-order valence-corrected chi connectivity index (χ0v) is 14.1. The minimum Gasteiger partial charge on any atom is -0.495 e. The fourth-order valence-electron chi connectivity index (χ4n) is 2.28. The lowest BCUT2D eigenvalue weighted by molar-refractivity contribution is 0.388. The lowest BCUT2D eigenvalue weighted by Gasteiger charge is -2.22. The third-order valence-electron chi connectivity index (χ3n) is 3.30. The first-order chi connectivity index (χ1) is 10.2. The van der Waals surface area contributed by atoms with E-state index < -0.39 is 0 Å². The smallest absolute Gasteiger partial charge is 0.146 e. The molecule has 5 heteroatoms. The Hall–Kier alpha value is -1.23. The molecule has 0 saturated carbocycles. The quantitative estimate of drug-likeness (QED) is 0.812. The van der Waals surface area contributed by atoms with Crippen LogP contribution < -0.4 is 14.8 Å². The number of rotatable bonds is 7. The zero-order chi connectivity index (χ0) is 15.2. The Labute approximate surface area is 134 Å².